The smallest absolute Gasteiger partial charge is 0.145 e. The number of methoxy groups -OCH3 is 1. The Morgan fingerprint density at radius 1 is 1.50 bits per heavy atom. The second kappa shape index (κ2) is 6.68. The van der Waals surface area contributed by atoms with Gasteiger partial charge < -0.3 is 4.74 Å². The molecule has 12 heavy (non-hydrogen) atoms. The molecule has 0 N–H and O–H groups in total. The molecule has 0 fully saturated rings. The zero-order valence-electron chi connectivity index (χ0n) is 7.08. The lowest BCUT2D eigenvalue weighted by molar-refractivity contribution is -0.104. The Morgan fingerprint density at radius 2 is 2.17 bits per heavy atom. The van der Waals surface area contributed by atoms with Gasteiger partial charge in [0.25, 0.3) is 0 Å². The SMILES string of the molecule is CO/C=C(Cl)/C=C\C=C(/C)C=O. The summed E-state index contributed by atoms with van der Waals surface area (Å²) in [6.07, 6.45) is 7.17. The van der Waals surface area contributed by atoms with Gasteiger partial charge in [-0.05, 0) is 18.6 Å². The fourth-order valence-corrected chi connectivity index (χ4v) is 0.645. The number of halogens is 1. The minimum absolute atomic E-state index is 0.479. The van der Waals surface area contributed by atoms with Crippen molar-refractivity contribution in [2.75, 3.05) is 7.11 Å². The van der Waals surface area contributed by atoms with E-state index in [9.17, 15) is 4.79 Å². The summed E-state index contributed by atoms with van der Waals surface area (Å²) in [7, 11) is 1.52. The highest BCUT2D eigenvalue weighted by Gasteiger charge is 1.82. The molecule has 0 aromatic heterocycles. The molecule has 0 saturated carbocycles. The summed E-state index contributed by atoms with van der Waals surface area (Å²) < 4.78 is 4.65. The van der Waals surface area contributed by atoms with Crippen LogP contribution < -0.4 is 0 Å². The Labute approximate surface area is 77.2 Å². The number of hydrogen-bond donors (Lipinski definition) is 0. The highest BCUT2D eigenvalue weighted by molar-refractivity contribution is 6.31. The Kier molecular flexibility index (Phi) is 6.11. The zero-order valence-corrected chi connectivity index (χ0v) is 7.84. The van der Waals surface area contributed by atoms with Crippen LogP contribution >= 0.6 is 11.6 Å². The molecule has 0 heterocycles. The Hall–Kier alpha value is -1.02. The predicted molar refractivity (Wildman–Crippen MR) is 49.9 cm³/mol. The molecule has 0 amide bonds. The summed E-state index contributed by atoms with van der Waals surface area (Å²) in [5.74, 6) is 0. The summed E-state index contributed by atoms with van der Waals surface area (Å²) in [5, 5.41) is 0.479. The second-order valence-electron chi connectivity index (χ2n) is 2.13. The molecule has 66 valence electrons. The number of ether oxygens (including phenoxy) is 1. The van der Waals surface area contributed by atoms with E-state index in [2.05, 4.69) is 4.74 Å². The molecule has 0 unspecified atom stereocenters. The van der Waals surface area contributed by atoms with Crippen LogP contribution in [0, 0.1) is 0 Å². The lowest BCUT2D eigenvalue weighted by Gasteiger charge is -1.87. The van der Waals surface area contributed by atoms with Crippen LogP contribution in [0.4, 0.5) is 0 Å². The average molecular weight is 187 g/mol. The maximum absolute atomic E-state index is 10.1. The maximum atomic E-state index is 10.1. The van der Waals surface area contributed by atoms with Crippen LogP contribution in [0.2, 0.25) is 0 Å². The van der Waals surface area contributed by atoms with Gasteiger partial charge in [0, 0.05) is 0 Å². The largest absolute Gasteiger partial charge is 0.503 e. The standard InChI is InChI=1S/C9H11ClO2/c1-8(6-11)4-3-5-9(10)7-12-2/h3-7H,1-2H3/b5-3-,8-4+,9-7-. The van der Waals surface area contributed by atoms with Gasteiger partial charge >= 0.3 is 0 Å². The van der Waals surface area contributed by atoms with Gasteiger partial charge in [0.1, 0.15) is 12.5 Å². The van der Waals surface area contributed by atoms with Gasteiger partial charge in [-0.3, -0.25) is 4.79 Å². The fraction of sp³-hybridized carbons (Fsp3) is 0.222. The van der Waals surface area contributed by atoms with Crippen molar-refractivity contribution in [2.45, 2.75) is 6.92 Å². The molecule has 0 aliphatic carbocycles. The van der Waals surface area contributed by atoms with Crippen molar-refractivity contribution in [1.29, 1.82) is 0 Å². The summed E-state index contributed by atoms with van der Waals surface area (Å²) in [5.41, 5.74) is 0.646. The molecule has 0 aromatic carbocycles. The molecule has 0 aromatic rings. The number of rotatable bonds is 4. The quantitative estimate of drug-likeness (QED) is 0.292. The first-order valence-electron chi connectivity index (χ1n) is 3.39. The summed E-state index contributed by atoms with van der Waals surface area (Å²) in [6.45, 7) is 1.71. The lowest BCUT2D eigenvalue weighted by atomic mass is 10.3. The van der Waals surface area contributed by atoms with Gasteiger partial charge in [0.15, 0.2) is 0 Å². The van der Waals surface area contributed by atoms with Crippen LogP contribution in [0.25, 0.3) is 0 Å². The van der Waals surface area contributed by atoms with Gasteiger partial charge in [0.05, 0.1) is 12.1 Å². The summed E-state index contributed by atoms with van der Waals surface area (Å²) in [6, 6.07) is 0. The molecule has 3 heteroatoms. The van der Waals surface area contributed by atoms with Crippen molar-refractivity contribution in [3.05, 3.63) is 35.1 Å². The van der Waals surface area contributed by atoms with Gasteiger partial charge in [-0.1, -0.05) is 23.8 Å². The molecular weight excluding hydrogens is 176 g/mol. The van der Waals surface area contributed by atoms with E-state index in [4.69, 9.17) is 11.6 Å². The van der Waals surface area contributed by atoms with Crippen molar-refractivity contribution >= 4 is 17.9 Å². The number of carbonyl (C=O) groups excluding carboxylic acids is 1. The monoisotopic (exact) mass is 186 g/mol. The van der Waals surface area contributed by atoms with Crippen LogP contribution in [-0.2, 0) is 9.53 Å². The van der Waals surface area contributed by atoms with Crippen molar-refractivity contribution in [3.8, 4) is 0 Å². The topological polar surface area (TPSA) is 26.3 Å². The van der Waals surface area contributed by atoms with Crippen LogP contribution in [0.1, 0.15) is 6.92 Å². The molecule has 0 bridgehead atoms. The second-order valence-corrected chi connectivity index (χ2v) is 2.56. The first-order valence-corrected chi connectivity index (χ1v) is 3.77. The van der Waals surface area contributed by atoms with Crippen LogP contribution in [0.15, 0.2) is 35.1 Å². The van der Waals surface area contributed by atoms with E-state index in [1.54, 1.807) is 25.2 Å². The minimum Gasteiger partial charge on any atom is -0.503 e. The molecular formula is C9H11ClO2. The van der Waals surface area contributed by atoms with E-state index >= 15 is 0 Å². The minimum atomic E-state index is 0.479. The fourth-order valence-electron chi connectivity index (χ4n) is 0.483. The van der Waals surface area contributed by atoms with Crippen LogP contribution in [0.5, 0.6) is 0 Å². The lowest BCUT2D eigenvalue weighted by Crippen LogP contribution is -1.73. The Bertz CT molecular complexity index is 227. The molecule has 0 aliphatic heterocycles. The Balaban J connectivity index is 4.08. The summed E-state index contributed by atoms with van der Waals surface area (Å²) in [4.78, 5) is 10.1. The highest BCUT2D eigenvalue weighted by Crippen LogP contribution is 2.02. The first-order chi connectivity index (χ1) is 5.70. The van der Waals surface area contributed by atoms with Crippen molar-refractivity contribution in [3.63, 3.8) is 0 Å². The van der Waals surface area contributed by atoms with E-state index in [1.165, 1.54) is 13.4 Å². The molecule has 0 radical (unpaired) electrons. The van der Waals surface area contributed by atoms with Gasteiger partial charge in [-0.2, -0.15) is 0 Å². The number of hydrogen-bond acceptors (Lipinski definition) is 2. The molecule has 2 nitrogen and oxygen atoms in total. The third-order valence-electron chi connectivity index (χ3n) is 1.03. The molecule has 0 spiro atoms. The number of allylic oxidation sites excluding steroid dienone is 5. The first kappa shape index (κ1) is 11.0. The Morgan fingerprint density at radius 3 is 2.67 bits per heavy atom. The predicted octanol–water partition coefficient (Wildman–Crippen LogP) is 2.41. The van der Waals surface area contributed by atoms with Crippen LogP contribution in [0.3, 0.4) is 0 Å². The van der Waals surface area contributed by atoms with Gasteiger partial charge in [-0.15, -0.1) is 0 Å². The van der Waals surface area contributed by atoms with Crippen molar-refractivity contribution in [2.24, 2.45) is 0 Å². The van der Waals surface area contributed by atoms with Crippen molar-refractivity contribution in [1.82, 2.24) is 0 Å². The zero-order chi connectivity index (χ0) is 9.40. The van der Waals surface area contributed by atoms with Crippen molar-refractivity contribution < 1.29 is 9.53 Å². The molecule has 0 atom stereocenters. The van der Waals surface area contributed by atoms with E-state index in [0.717, 1.165) is 6.29 Å². The number of carbonyl (C=O) groups is 1. The van der Waals surface area contributed by atoms with E-state index in [1.807, 2.05) is 0 Å². The van der Waals surface area contributed by atoms with E-state index in [-0.39, 0.29) is 0 Å². The average Bonchev–Trinajstić information content (AvgIpc) is 2.04. The molecule has 0 rings (SSSR count). The molecule has 0 aliphatic rings. The van der Waals surface area contributed by atoms with Gasteiger partial charge in [-0.25, -0.2) is 0 Å². The molecule has 0 saturated heterocycles. The van der Waals surface area contributed by atoms with Gasteiger partial charge in [0.2, 0.25) is 0 Å². The maximum Gasteiger partial charge on any atom is 0.145 e. The van der Waals surface area contributed by atoms with Crippen LogP contribution in [-0.4, -0.2) is 13.4 Å². The van der Waals surface area contributed by atoms with E-state index < -0.39 is 0 Å². The third-order valence-corrected chi connectivity index (χ3v) is 1.25. The number of aldehydes is 1. The third kappa shape index (κ3) is 5.74. The summed E-state index contributed by atoms with van der Waals surface area (Å²) >= 11 is 5.64. The highest BCUT2D eigenvalue weighted by atomic mass is 35.5. The van der Waals surface area contributed by atoms with E-state index in [0.29, 0.717) is 10.6 Å². The normalized spacial score (nSPS) is 13.6.